The van der Waals surface area contributed by atoms with Gasteiger partial charge in [0.15, 0.2) is 9.84 Å². The molecule has 0 bridgehead atoms. The predicted molar refractivity (Wildman–Crippen MR) is 77.1 cm³/mol. The van der Waals surface area contributed by atoms with Crippen molar-refractivity contribution in [3.05, 3.63) is 34.9 Å². The highest BCUT2D eigenvalue weighted by Crippen LogP contribution is 2.12. The van der Waals surface area contributed by atoms with E-state index in [2.05, 4.69) is 5.32 Å². The lowest BCUT2D eigenvalue weighted by atomic mass is 10.1. The van der Waals surface area contributed by atoms with E-state index in [9.17, 15) is 13.2 Å². The molecule has 0 radical (unpaired) electrons. The minimum absolute atomic E-state index is 0.0247. The average Bonchev–Trinajstić information content (AvgIpc) is 2.27. The number of sulfone groups is 1. The van der Waals surface area contributed by atoms with Crippen LogP contribution < -0.4 is 5.32 Å². The van der Waals surface area contributed by atoms with Gasteiger partial charge in [-0.05, 0) is 31.0 Å². The fraction of sp³-hybridized carbons (Fsp3) is 0.462. The van der Waals surface area contributed by atoms with Gasteiger partial charge in [0.05, 0.1) is 0 Å². The van der Waals surface area contributed by atoms with E-state index in [1.807, 2.05) is 25.1 Å². The summed E-state index contributed by atoms with van der Waals surface area (Å²) in [6.45, 7) is 3.36. The fourth-order valence-electron chi connectivity index (χ4n) is 1.69. The Kier molecular flexibility index (Phi) is 5.82. The van der Waals surface area contributed by atoms with Crippen molar-refractivity contribution in [2.75, 3.05) is 11.5 Å². The molecule has 1 amide bonds. The molecule has 4 nitrogen and oxygen atoms in total. The second-order valence-electron chi connectivity index (χ2n) is 4.48. The first-order chi connectivity index (χ1) is 8.82. The summed E-state index contributed by atoms with van der Waals surface area (Å²) >= 11 is 5.87. The molecule has 0 aliphatic heterocycles. The number of rotatable bonds is 6. The van der Waals surface area contributed by atoms with Crippen molar-refractivity contribution in [3.63, 3.8) is 0 Å². The summed E-state index contributed by atoms with van der Waals surface area (Å²) in [5.74, 6) is -0.941. The van der Waals surface area contributed by atoms with E-state index in [0.717, 1.165) is 5.56 Å². The Morgan fingerprint density at radius 1 is 1.42 bits per heavy atom. The van der Waals surface area contributed by atoms with Crippen molar-refractivity contribution in [1.82, 2.24) is 5.32 Å². The third-order valence-corrected chi connectivity index (χ3v) is 4.45. The van der Waals surface area contributed by atoms with Crippen LogP contribution in [0.15, 0.2) is 24.3 Å². The second kappa shape index (κ2) is 6.91. The lowest BCUT2D eigenvalue weighted by molar-refractivity contribution is -0.119. The first kappa shape index (κ1) is 16.0. The monoisotopic (exact) mass is 303 g/mol. The molecule has 1 aromatic rings. The minimum atomic E-state index is -3.28. The maximum Gasteiger partial charge on any atom is 0.235 e. The maximum atomic E-state index is 11.6. The molecule has 0 heterocycles. The smallest absolute Gasteiger partial charge is 0.235 e. The van der Waals surface area contributed by atoms with E-state index >= 15 is 0 Å². The normalized spacial score (nSPS) is 13.0. The van der Waals surface area contributed by atoms with Crippen LogP contribution in [-0.2, 0) is 21.1 Å². The van der Waals surface area contributed by atoms with Gasteiger partial charge in [0, 0.05) is 16.8 Å². The van der Waals surface area contributed by atoms with E-state index in [4.69, 9.17) is 11.6 Å². The van der Waals surface area contributed by atoms with E-state index in [1.54, 1.807) is 6.07 Å². The zero-order valence-corrected chi connectivity index (χ0v) is 12.6. The Hall–Kier alpha value is -1.07. The molecular weight excluding hydrogens is 286 g/mol. The molecule has 1 atom stereocenters. The van der Waals surface area contributed by atoms with Gasteiger partial charge in [-0.1, -0.05) is 30.7 Å². The summed E-state index contributed by atoms with van der Waals surface area (Å²) in [7, 11) is -3.28. The van der Waals surface area contributed by atoms with Gasteiger partial charge in [-0.3, -0.25) is 4.79 Å². The summed E-state index contributed by atoms with van der Waals surface area (Å²) in [5.41, 5.74) is 0.999. The molecule has 0 aliphatic rings. The number of carbonyl (C=O) groups is 1. The molecule has 0 spiro atoms. The van der Waals surface area contributed by atoms with Gasteiger partial charge in [0.2, 0.25) is 5.91 Å². The SMILES string of the molecule is CCS(=O)(=O)CC(=O)NC(C)Cc1cccc(Cl)c1. The van der Waals surface area contributed by atoms with Crippen LogP contribution in [0.1, 0.15) is 19.4 Å². The molecule has 0 saturated carbocycles. The van der Waals surface area contributed by atoms with Gasteiger partial charge >= 0.3 is 0 Å². The highest BCUT2D eigenvalue weighted by molar-refractivity contribution is 7.92. The van der Waals surface area contributed by atoms with E-state index < -0.39 is 21.5 Å². The van der Waals surface area contributed by atoms with Crippen molar-refractivity contribution in [3.8, 4) is 0 Å². The van der Waals surface area contributed by atoms with Crippen molar-refractivity contribution in [2.24, 2.45) is 0 Å². The van der Waals surface area contributed by atoms with Crippen LogP contribution in [0.2, 0.25) is 5.02 Å². The summed E-state index contributed by atoms with van der Waals surface area (Å²) in [5, 5.41) is 3.32. The van der Waals surface area contributed by atoms with Crippen molar-refractivity contribution in [1.29, 1.82) is 0 Å². The van der Waals surface area contributed by atoms with E-state index in [-0.39, 0.29) is 11.8 Å². The standard InChI is InChI=1S/C13H18ClNO3S/c1-3-19(17,18)9-13(16)15-10(2)7-11-5-4-6-12(14)8-11/h4-6,8,10H,3,7,9H2,1-2H3,(H,15,16). The zero-order chi connectivity index (χ0) is 14.5. The van der Waals surface area contributed by atoms with Crippen LogP contribution >= 0.6 is 11.6 Å². The van der Waals surface area contributed by atoms with Gasteiger partial charge in [0.25, 0.3) is 0 Å². The summed E-state index contributed by atoms with van der Waals surface area (Å²) in [4.78, 5) is 11.6. The summed E-state index contributed by atoms with van der Waals surface area (Å²) < 4.78 is 22.6. The highest BCUT2D eigenvalue weighted by Gasteiger charge is 2.16. The largest absolute Gasteiger partial charge is 0.352 e. The number of hydrogen-bond donors (Lipinski definition) is 1. The number of hydrogen-bond acceptors (Lipinski definition) is 3. The molecule has 1 N–H and O–H groups in total. The Bertz CT molecular complexity index is 543. The van der Waals surface area contributed by atoms with Crippen molar-refractivity contribution >= 4 is 27.3 Å². The molecule has 19 heavy (non-hydrogen) atoms. The molecule has 0 aliphatic carbocycles. The molecule has 1 rings (SSSR count). The quantitative estimate of drug-likeness (QED) is 0.872. The van der Waals surface area contributed by atoms with Gasteiger partial charge in [0.1, 0.15) is 5.75 Å². The van der Waals surface area contributed by atoms with Crippen LogP contribution in [0.3, 0.4) is 0 Å². The van der Waals surface area contributed by atoms with Gasteiger partial charge in [-0.2, -0.15) is 0 Å². The molecule has 1 aromatic carbocycles. The summed E-state index contributed by atoms with van der Waals surface area (Å²) in [6.07, 6.45) is 0.610. The number of amides is 1. The molecule has 0 fully saturated rings. The molecule has 6 heteroatoms. The Morgan fingerprint density at radius 2 is 2.11 bits per heavy atom. The molecule has 0 aromatic heterocycles. The second-order valence-corrected chi connectivity index (χ2v) is 7.27. The van der Waals surface area contributed by atoms with Crippen molar-refractivity contribution < 1.29 is 13.2 Å². The van der Waals surface area contributed by atoms with Gasteiger partial charge in [-0.25, -0.2) is 8.42 Å². The molecule has 106 valence electrons. The maximum absolute atomic E-state index is 11.6. The van der Waals surface area contributed by atoms with E-state index in [0.29, 0.717) is 11.4 Å². The third kappa shape index (κ3) is 6.07. The first-order valence-electron chi connectivity index (χ1n) is 6.06. The van der Waals surface area contributed by atoms with Crippen LogP contribution in [-0.4, -0.2) is 31.9 Å². The predicted octanol–water partition coefficient (Wildman–Crippen LogP) is 1.82. The Balaban J connectivity index is 2.52. The Morgan fingerprint density at radius 3 is 2.68 bits per heavy atom. The molecule has 1 unspecified atom stereocenters. The van der Waals surface area contributed by atoms with Crippen LogP contribution in [0, 0.1) is 0 Å². The van der Waals surface area contributed by atoms with Crippen LogP contribution in [0.5, 0.6) is 0 Å². The third-order valence-electron chi connectivity index (χ3n) is 2.63. The fourth-order valence-corrected chi connectivity index (χ4v) is 2.59. The lowest BCUT2D eigenvalue weighted by Crippen LogP contribution is -2.38. The number of halogens is 1. The number of benzene rings is 1. The lowest BCUT2D eigenvalue weighted by Gasteiger charge is -2.14. The van der Waals surface area contributed by atoms with Crippen molar-refractivity contribution in [2.45, 2.75) is 26.3 Å². The topological polar surface area (TPSA) is 63.2 Å². The zero-order valence-electron chi connectivity index (χ0n) is 11.0. The first-order valence-corrected chi connectivity index (χ1v) is 8.26. The van der Waals surface area contributed by atoms with Crippen LogP contribution in [0.4, 0.5) is 0 Å². The van der Waals surface area contributed by atoms with Crippen LogP contribution in [0.25, 0.3) is 0 Å². The molecular formula is C13H18ClNO3S. The Labute approximate surface area is 119 Å². The van der Waals surface area contributed by atoms with Gasteiger partial charge < -0.3 is 5.32 Å². The highest BCUT2D eigenvalue weighted by atomic mass is 35.5. The molecule has 0 saturated heterocycles. The minimum Gasteiger partial charge on any atom is -0.352 e. The van der Waals surface area contributed by atoms with Gasteiger partial charge in [-0.15, -0.1) is 0 Å². The number of nitrogens with one attached hydrogen (secondary N) is 1. The number of carbonyl (C=O) groups excluding carboxylic acids is 1. The summed E-state index contributed by atoms with van der Waals surface area (Å²) in [6, 6.07) is 7.22. The average molecular weight is 304 g/mol. The van der Waals surface area contributed by atoms with E-state index in [1.165, 1.54) is 6.92 Å².